The number of rotatable bonds is 5. The zero-order valence-corrected chi connectivity index (χ0v) is 11.4. The second-order valence-corrected chi connectivity index (χ2v) is 4.64. The number of aryl methyl sites for hydroxylation is 1. The van der Waals surface area contributed by atoms with Crippen molar-refractivity contribution in [2.75, 3.05) is 17.6 Å². The van der Waals surface area contributed by atoms with Crippen molar-refractivity contribution in [3.63, 3.8) is 0 Å². The van der Waals surface area contributed by atoms with Crippen LogP contribution in [-0.2, 0) is 6.42 Å². The third-order valence-corrected chi connectivity index (χ3v) is 3.07. The van der Waals surface area contributed by atoms with Crippen molar-refractivity contribution >= 4 is 11.6 Å². The maximum Gasteiger partial charge on any atom is 0.132 e. The summed E-state index contributed by atoms with van der Waals surface area (Å²) in [4.78, 5) is 8.58. The predicted octanol–water partition coefficient (Wildman–Crippen LogP) is 2.84. The minimum Gasteiger partial charge on any atom is -0.384 e. The van der Waals surface area contributed by atoms with E-state index in [0.717, 1.165) is 24.6 Å². The third kappa shape index (κ3) is 3.68. The van der Waals surface area contributed by atoms with Crippen LogP contribution in [0.4, 0.5) is 11.6 Å². The Morgan fingerprint density at radius 2 is 1.95 bits per heavy atom. The van der Waals surface area contributed by atoms with Crippen LogP contribution in [0.1, 0.15) is 31.2 Å². The van der Waals surface area contributed by atoms with E-state index < -0.39 is 0 Å². The number of hydrogen-bond donors (Lipinski definition) is 2. The molecule has 2 aromatic rings. The lowest BCUT2D eigenvalue weighted by Crippen LogP contribution is -2.12. The van der Waals surface area contributed by atoms with E-state index in [0.29, 0.717) is 11.7 Å². The van der Waals surface area contributed by atoms with Gasteiger partial charge in [-0.05, 0) is 11.5 Å². The molecule has 0 fully saturated rings. The molecule has 0 aliphatic heterocycles. The fraction of sp³-hybridized carbons (Fsp3) is 0.333. The van der Waals surface area contributed by atoms with Gasteiger partial charge in [0.05, 0.1) is 0 Å². The first-order valence-electron chi connectivity index (χ1n) is 6.61. The molecule has 0 bridgehead atoms. The fourth-order valence-electron chi connectivity index (χ4n) is 1.92. The van der Waals surface area contributed by atoms with E-state index in [2.05, 4.69) is 46.5 Å². The summed E-state index contributed by atoms with van der Waals surface area (Å²) < 4.78 is 0. The van der Waals surface area contributed by atoms with Crippen molar-refractivity contribution in [1.29, 1.82) is 0 Å². The zero-order valence-electron chi connectivity index (χ0n) is 11.4. The summed E-state index contributed by atoms with van der Waals surface area (Å²) in [5.41, 5.74) is 7.07. The minimum atomic E-state index is 0.419. The van der Waals surface area contributed by atoms with E-state index in [1.165, 1.54) is 5.56 Å². The normalized spacial score (nSPS) is 12.1. The Morgan fingerprint density at radius 1 is 1.21 bits per heavy atom. The van der Waals surface area contributed by atoms with Gasteiger partial charge in [0.1, 0.15) is 17.5 Å². The highest BCUT2D eigenvalue weighted by atomic mass is 15.0. The van der Waals surface area contributed by atoms with E-state index in [1.807, 2.05) is 13.0 Å². The van der Waals surface area contributed by atoms with Gasteiger partial charge in [-0.15, -0.1) is 0 Å². The fourth-order valence-corrected chi connectivity index (χ4v) is 1.92. The highest BCUT2D eigenvalue weighted by Gasteiger charge is 2.06. The first kappa shape index (κ1) is 13.3. The topological polar surface area (TPSA) is 63.8 Å². The van der Waals surface area contributed by atoms with Gasteiger partial charge in [-0.2, -0.15) is 0 Å². The van der Waals surface area contributed by atoms with Crippen LogP contribution in [0, 0.1) is 0 Å². The van der Waals surface area contributed by atoms with Crippen molar-refractivity contribution in [3.05, 3.63) is 47.8 Å². The number of nitrogen functional groups attached to an aromatic ring is 1. The second kappa shape index (κ2) is 6.18. The summed E-state index contributed by atoms with van der Waals surface area (Å²) in [7, 11) is 0. The number of hydrogen-bond acceptors (Lipinski definition) is 4. The summed E-state index contributed by atoms with van der Waals surface area (Å²) in [6.07, 6.45) is 0.786. The number of anilines is 2. The van der Waals surface area contributed by atoms with Crippen molar-refractivity contribution < 1.29 is 0 Å². The molecule has 1 heterocycles. The van der Waals surface area contributed by atoms with Gasteiger partial charge in [-0.3, -0.25) is 0 Å². The SMILES string of the molecule is CCc1nc(N)cc(NCC(C)c2ccccc2)n1. The van der Waals surface area contributed by atoms with Gasteiger partial charge < -0.3 is 11.1 Å². The lowest BCUT2D eigenvalue weighted by molar-refractivity contribution is 0.798. The minimum absolute atomic E-state index is 0.419. The number of benzene rings is 1. The van der Waals surface area contributed by atoms with E-state index in [4.69, 9.17) is 5.73 Å². The largest absolute Gasteiger partial charge is 0.384 e. The Hall–Kier alpha value is -2.10. The monoisotopic (exact) mass is 256 g/mol. The van der Waals surface area contributed by atoms with Gasteiger partial charge >= 0.3 is 0 Å². The molecule has 1 aromatic heterocycles. The Balaban J connectivity index is 2.01. The summed E-state index contributed by atoms with van der Waals surface area (Å²) >= 11 is 0. The number of nitrogens with zero attached hydrogens (tertiary/aromatic N) is 2. The molecule has 0 saturated carbocycles. The quantitative estimate of drug-likeness (QED) is 0.863. The molecule has 1 unspecified atom stereocenters. The summed E-state index contributed by atoms with van der Waals surface area (Å²) in [6.45, 7) is 5.03. The molecule has 0 amide bonds. The lowest BCUT2D eigenvalue weighted by Gasteiger charge is -2.14. The molecule has 0 radical (unpaired) electrons. The van der Waals surface area contributed by atoms with Gasteiger partial charge in [0, 0.05) is 19.0 Å². The third-order valence-electron chi connectivity index (χ3n) is 3.07. The van der Waals surface area contributed by atoms with Crippen molar-refractivity contribution in [2.45, 2.75) is 26.2 Å². The van der Waals surface area contributed by atoms with Crippen molar-refractivity contribution in [2.24, 2.45) is 0 Å². The molecule has 1 atom stereocenters. The molecule has 19 heavy (non-hydrogen) atoms. The predicted molar refractivity (Wildman–Crippen MR) is 79.2 cm³/mol. The van der Waals surface area contributed by atoms with Crippen LogP contribution in [0.25, 0.3) is 0 Å². The van der Waals surface area contributed by atoms with Crippen LogP contribution >= 0.6 is 0 Å². The molecule has 0 aliphatic rings. The molecule has 0 aliphatic carbocycles. The van der Waals surface area contributed by atoms with E-state index in [-0.39, 0.29) is 0 Å². The smallest absolute Gasteiger partial charge is 0.132 e. The Labute approximate surface area is 114 Å². The first-order valence-corrected chi connectivity index (χ1v) is 6.61. The second-order valence-electron chi connectivity index (χ2n) is 4.64. The van der Waals surface area contributed by atoms with Crippen LogP contribution < -0.4 is 11.1 Å². The highest BCUT2D eigenvalue weighted by molar-refractivity contribution is 5.45. The molecule has 1 aromatic carbocycles. The van der Waals surface area contributed by atoms with Gasteiger partial charge in [-0.25, -0.2) is 9.97 Å². The molecule has 4 heteroatoms. The van der Waals surface area contributed by atoms with Crippen LogP contribution in [0.15, 0.2) is 36.4 Å². The molecule has 0 spiro atoms. The van der Waals surface area contributed by atoms with Crippen LogP contribution in [0.3, 0.4) is 0 Å². The van der Waals surface area contributed by atoms with Gasteiger partial charge in [0.25, 0.3) is 0 Å². The average molecular weight is 256 g/mol. The molecule has 4 nitrogen and oxygen atoms in total. The number of nitrogens with one attached hydrogen (secondary N) is 1. The van der Waals surface area contributed by atoms with Gasteiger partial charge in [0.15, 0.2) is 0 Å². The molecule has 3 N–H and O–H groups in total. The van der Waals surface area contributed by atoms with Crippen LogP contribution in [0.2, 0.25) is 0 Å². The Kier molecular flexibility index (Phi) is 4.34. The van der Waals surface area contributed by atoms with E-state index in [1.54, 1.807) is 6.07 Å². The van der Waals surface area contributed by atoms with Crippen molar-refractivity contribution in [3.8, 4) is 0 Å². The summed E-state index contributed by atoms with van der Waals surface area (Å²) in [5, 5.41) is 3.33. The number of nitrogens with two attached hydrogens (primary N) is 1. The molecule has 2 rings (SSSR count). The Morgan fingerprint density at radius 3 is 2.63 bits per heavy atom. The summed E-state index contributed by atoms with van der Waals surface area (Å²) in [6, 6.07) is 12.2. The van der Waals surface area contributed by atoms with E-state index in [9.17, 15) is 0 Å². The Bertz CT molecular complexity index is 525. The molecular weight excluding hydrogens is 236 g/mol. The summed E-state index contributed by atoms with van der Waals surface area (Å²) in [5.74, 6) is 2.51. The lowest BCUT2D eigenvalue weighted by atomic mass is 10.0. The standard InChI is InChI=1S/C15H20N4/c1-3-14-18-13(16)9-15(19-14)17-10-11(2)12-7-5-4-6-8-12/h4-9,11H,3,10H2,1-2H3,(H3,16,17,18,19). The van der Waals surface area contributed by atoms with E-state index >= 15 is 0 Å². The molecule has 100 valence electrons. The molecule has 0 saturated heterocycles. The van der Waals surface area contributed by atoms with Gasteiger partial charge in [0.2, 0.25) is 0 Å². The van der Waals surface area contributed by atoms with Gasteiger partial charge in [-0.1, -0.05) is 44.2 Å². The van der Waals surface area contributed by atoms with Crippen LogP contribution in [0.5, 0.6) is 0 Å². The first-order chi connectivity index (χ1) is 9.19. The van der Waals surface area contributed by atoms with Crippen molar-refractivity contribution in [1.82, 2.24) is 9.97 Å². The molecular formula is C15H20N4. The maximum absolute atomic E-state index is 5.76. The zero-order chi connectivity index (χ0) is 13.7. The average Bonchev–Trinajstić information content (AvgIpc) is 2.45. The number of aromatic nitrogens is 2. The highest BCUT2D eigenvalue weighted by Crippen LogP contribution is 2.16. The van der Waals surface area contributed by atoms with Crippen LogP contribution in [-0.4, -0.2) is 16.5 Å². The maximum atomic E-state index is 5.76.